The van der Waals surface area contributed by atoms with E-state index < -0.39 is 0 Å². The van der Waals surface area contributed by atoms with Gasteiger partial charge < -0.3 is 10.5 Å². The number of thiazole rings is 1. The second kappa shape index (κ2) is 6.04. The molecule has 1 atom stereocenters. The van der Waals surface area contributed by atoms with Crippen LogP contribution < -0.4 is 5.73 Å². The predicted octanol–water partition coefficient (Wildman–Crippen LogP) is 3.22. The van der Waals surface area contributed by atoms with Crippen molar-refractivity contribution in [2.75, 3.05) is 7.11 Å². The first-order chi connectivity index (χ1) is 9.83. The molecular formula is C16H20N2OS. The lowest BCUT2D eigenvalue weighted by Crippen LogP contribution is -2.10. The minimum absolute atomic E-state index is 0.431. The van der Waals surface area contributed by atoms with Gasteiger partial charge in [-0.2, -0.15) is 0 Å². The molecule has 0 saturated carbocycles. The molecule has 4 heteroatoms. The van der Waals surface area contributed by atoms with Crippen LogP contribution in [0.4, 0.5) is 0 Å². The Morgan fingerprint density at radius 2 is 2.25 bits per heavy atom. The maximum atomic E-state index is 5.83. The summed E-state index contributed by atoms with van der Waals surface area (Å²) in [7, 11) is 1.70. The zero-order valence-corrected chi connectivity index (χ0v) is 12.6. The van der Waals surface area contributed by atoms with Gasteiger partial charge in [0.15, 0.2) is 0 Å². The summed E-state index contributed by atoms with van der Waals surface area (Å²) in [6.07, 6.45) is 3.60. The van der Waals surface area contributed by atoms with E-state index in [1.165, 1.54) is 35.4 Å². The molecule has 1 aliphatic carbocycles. The molecule has 1 aliphatic rings. The zero-order chi connectivity index (χ0) is 13.9. The van der Waals surface area contributed by atoms with Gasteiger partial charge in [0, 0.05) is 24.4 Å². The molecule has 0 bridgehead atoms. The van der Waals surface area contributed by atoms with E-state index in [-0.39, 0.29) is 0 Å². The van der Waals surface area contributed by atoms with Gasteiger partial charge in [-0.1, -0.05) is 24.3 Å². The van der Waals surface area contributed by atoms with E-state index >= 15 is 0 Å². The molecule has 106 valence electrons. The van der Waals surface area contributed by atoms with E-state index in [4.69, 9.17) is 15.5 Å². The largest absolute Gasteiger partial charge is 0.378 e. The van der Waals surface area contributed by atoms with Crippen molar-refractivity contribution in [2.45, 2.75) is 38.3 Å². The van der Waals surface area contributed by atoms with E-state index in [0.29, 0.717) is 19.1 Å². The predicted molar refractivity (Wildman–Crippen MR) is 81.9 cm³/mol. The van der Waals surface area contributed by atoms with Crippen molar-refractivity contribution < 1.29 is 4.74 Å². The van der Waals surface area contributed by atoms with Crippen LogP contribution in [0, 0.1) is 0 Å². The van der Waals surface area contributed by atoms with Crippen LogP contribution in [-0.4, -0.2) is 12.1 Å². The average molecular weight is 288 g/mol. The number of nitrogens with zero attached hydrogens (tertiary/aromatic N) is 1. The number of fused-ring (bicyclic) bond motifs is 1. The summed E-state index contributed by atoms with van der Waals surface area (Å²) in [5.41, 5.74) is 9.76. The summed E-state index contributed by atoms with van der Waals surface area (Å²) < 4.78 is 5.23. The van der Waals surface area contributed by atoms with Crippen molar-refractivity contribution in [3.05, 3.63) is 51.0 Å². The molecule has 1 aromatic carbocycles. The van der Waals surface area contributed by atoms with Gasteiger partial charge in [0.05, 0.1) is 12.3 Å². The van der Waals surface area contributed by atoms with Gasteiger partial charge >= 0.3 is 0 Å². The summed E-state index contributed by atoms with van der Waals surface area (Å²) >= 11 is 1.75. The van der Waals surface area contributed by atoms with Gasteiger partial charge in [0.25, 0.3) is 0 Å². The third kappa shape index (κ3) is 2.51. The topological polar surface area (TPSA) is 48.1 Å². The maximum absolute atomic E-state index is 5.83. The fourth-order valence-corrected chi connectivity index (χ4v) is 4.07. The quantitative estimate of drug-likeness (QED) is 0.939. The summed E-state index contributed by atoms with van der Waals surface area (Å²) in [6, 6.07) is 8.75. The van der Waals surface area contributed by atoms with E-state index in [0.717, 1.165) is 10.6 Å². The lowest BCUT2D eigenvalue weighted by atomic mass is 9.83. The van der Waals surface area contributed by atoms with Crippen molar-refractivity contribution in [3.63, 3.8) is 0 Å². The number of nitrogens with two attached hydrogens (primary N) is 1. The summed E-state index contributed by atoms with van der Waals surface area (Å²) in [5.74, 6) is 0.431. The van der Waals surface area contributed by atoms with Crippen molar-refractivity contribution in [2.24, 2.45) is 5.73 Å². The zero-order valence-electron chi connectivity index (χ0n) is 11.8. The second-order valence-corrected chi connectivity index (χ2v) is 6.32. The third-order valence-corrected chi connectivity index (χ3v) is 5.16. The van der Waals surface area contributed by atoms with Crippen LogP contribution in [0.2, 0.25) is 0 Å². The molecule has 1 aromatic heterocycles. The molecular weight excluding hydrogens is 268 g/mol. The minimum atomic E-state index is 0.431. The molecule has 3 rings (SSSR count). The fraction of sp³-hybridized carbons (Fsp3) is 0.438. The van der Waals surface area contributed by atoms with Crippen LogP contribution in [0.1, 0.15) is 45.5 Å². The van der Waals surface area contributed by atoms with Crippen LogP contribution in [0.5, 0.6) is 0 Å². The Hall–Kier alpha value is -1.23. The Balaban J connectivity index is 1.98. The Morgan fingerprint density at radius 1 is 1.40 bits per heavy atom. The minimum Gasteiger partial charge on any atom is -0.378 e. The monoisotopic (exact) mass is 288 g/mol. The molecule has 0 aliphatic heterocycles. The number of hydrogen-bond acceptors (Lipinski definition) is 4. The first-order valence-electron chi connectivity index (χ1n) is 7.08. The van der Waals surface area contributed by atoms with Gasteiger partial charge in [-0.05, 0) is 30.4 Å². The van der Waals surface area contributed by atoms with Gasteiger partial charge in [-0.25, -0.2) is 4.98 Å². The van der Waals surface area contributed by atoms with Gasteiger partial charge in [-0.15, -0.1) is 11.3 Å². The molecule has 0 fully saturated rings. The van der Waals surface area contributed by atoms with Crippen molar-refractivity contribution in [3.8, 4) is 0 Å². The molecule has 2 aromatic rings. The highest BCUT2D eigenvalue weighted by Gasteiger charge is 2.25. The number of hydrogen-bond donors (Lipinski definition) is 1. The molecule has 0 radical (unpaired) electrons. The first kappa shape index (κ1) is 13.7. The molecule has 1 unspecified atom stereocenters. The average Bonchev–Trinajstić information content (AvgIpc) is 2.90. The lowest BCUT2D eigenvalue weighted by molar-refractivity contribution is 0.181. The summed E-state index contributed by atoms with van der Waals surface area (Å²) in [5, 5.41) is 1.20. The lowest BCUT2D eigenvalue weighted by Gasteiger charge is -2.23. The van der Waals surface area contributed by atoms with Crippen LogP contribution in [0.3, 0.4) is 0 Å². The number of ether oxygens (including phenoxy) is 1. The molecule has 0 amide bonds. The van der Waals surface area contributed by atoms with Crippen molar-refractivity contribution in [1.82, 2.24) is 4.98 Å². The second-order valence-electron chi connectivity index (χ2n) is 5.20. The Labute approximate surface area is 123 Å². The van der Waals surface area contributed by atoms with Gasteiger partial charge in [0.1, 0.15) is 5.01 Å². The van der Waals surface area contributed by atoms with Crippen molar-refractivity contribution >= 4 is 11.3 Å². The highest BCUT2D eigenvalue weighted by Crippen LogP contribution is 2.39. The summed E-state index contributed by atoms with van der Waals surface area (Å²) in [4.78, 5) is 5.96. The molecule has 0 spiro atoms. The van der Waals surface area contributed by atoms with Gasteiger partial charge in [0.2, 0.25) is 0 Å². The Morgan fingerprint density at radius 3 is 3.05 bits per heavy atom. The highest BCUT2D eigenvalue weighted by atomic mass is 32.1. The highest BCUT2D eigenvalue weighted by molar-refractivity contribution is 7.11. The van der Waals surface area contributed by atoms with E-state index in [2.05, 4.69) is 24.3 Å². The number of rotatable bonds is 4. The van der Waals surface area contributed by atoms with Gasteiger partial charge in [-0.3, -0.25) is 0 Å². The van der Waals surface area contributed by atoms with E-state index in [1.807, 2.05) is 0 Å². The van der Waals surface area contributed by atoms with Crippen LogP contribution >= 0.6 is 11.3 Å². The standard InChI is InChI=1S/C16H20N2OS/c1-19-10-14-15(9-17)20-16(18-14)13-8-4-6-11-5-2-3-7-12(11)13/h2-3,5,7,13H,4,6,8-10,17H2,1H3. The van der Waals surface area contributed by atoms with E-state index in [9.17, 15) is 0 Å². The van der Waals surface area contributed by atoms with Crippen LogP contribution in [0.15, 0.2) is 24.3 Å². The normalized spacial score (nSPS) is 18.0. The molecule has 0 saturated heterocycles. The molecule has 3 nitrogen and oxygen atoms in total. The SMILES string of the molecule is COCc1nc(C2CCCc3ccccc32)sc1CN. The third-order valence-electron chi connectivity index (χ3n) is 3.93. The Bertz CT molecular complexity index is 594. The molecule has 2 N–H and O–H groups in total. The molecule has 1 heterocycles. The van der Waals surface area contributed by atoms with E-state index in [1.54, 1.807) is 18.4 Å². The molecule has 20 heavy (non-hydrogen) atoms. The number of aromatic nitrogens is 1. The number of aryl methyl sites for hydroxylation is 1. The fourth-order valence-electron chi connectivity index (χ4n) is 2.97. The van der Waals surface area contributed by atoms with Crippen molar-refractivity contribution in [1.29, 1.82) is 0 Å². The Kier molecular flexibility index (Phi) is 4.15. The van der Waals surface area contributed by atoms with Crippen LogP contribution in [-0.2, 0) is 24.3 Å². The van der Waals surface area contributed by atoms with Crippen LogP contribution in [0.25, 0.3) is 0 Å². The smallest absolute Gasteiger partial charge is 0.101 e. The maximum Gasteiger partial charge on any atom is 0.101 e. The number of benzene rings is 1. The first-order valence-corrected chi connectivity index (χ1v) is 7.90. The summed E-state index contributed by atoms with van der Waals surface area (Å²) in [6.45, 7) is 1.10. The number of methoxy groups -OCH3 is 1.